The monoisotopic (exact) mass is 268 g/mol. The maximum atomic E-state index is 9.32. The van der Waals surface area contributed by atoms with Crippen molar-refractivity contribution in [2.75, 3.05) is 0 Å². The van der Waals surface area contributed by atoms with Crippen LogP contribution in [-0.4, -0.2) is 21.4 Å². The highest BCUT2D eigenvalue weighted by Gasteiger charge is 2.22. The molecule has 1 aliphatic rings. The van der Waals surface area contributed by atoms with Gasteiger partial charge in [-0.1, -0.05) is 24.3 Å². The smallest absolute Gasteiger partial charge is 0.0982 e. The van der Waals surface area contributed by atoms with Crippen molar-refractivity contribution in [1.29, 1.82) is 0 Å². The van der Waals surface area contributed by atoms with Gasteiger partial charge >= 0.3 is 0 Å². The Morgan fingerprint density at radius 3 is 1.18 bits per heavy atom. The second-order valence-corrected chi connectivity index (χ2v) is 3.12. The summed E-state index contributed by atoms with van der Waals surface area (Å²) < 4.78 is 0. The normalized spacial score (nSPS) is 41.8. The van der Waals surface area contributed by atoms with E-state index < -0.39 is 11.2 Å². The van der Waals surface area contributed by atoms with Gasteiger partial charge in [0.05, 0.1) is 11.2 Å². The lowest BCUT2D eigenvalue weighted by Gasteiger charge is -2.24. The van der Waals surface area contributed by atoms with Crippen LogP contribution in [0.2, 0.25) is 0 Å². The van der Waals surface area contributed by atoms with Crippen molar-refractivity contribution in [3.63, 3.8) is 0 Å². The molecule has 2 N–H and O–H groups in total. The van der Waals surface area contributed by atoms with E-state index in [1.54, 1.807) is 38.2 Å². The van der Waals surface area contributed by atoms with Crippen LogP contribution in [-0.2, 0) is 0 Å². The average Bonchev–Trinajstić information content (AvgIpc) is 1.79. The number of halogens is 1. The first kappa shape index (κ1) is 11.1. The summed E-state index contributed by atoms with van der Waals surface area (Å²) in [4.78, 5) is 0. The molecule has 0 aromatic rings. The van der Waals surface area contributed by atoms with Crippen LogP contribution in [0.25, 0.3) is 0 Å². The molecule has 0 radical (unpaired) electrons. The summed E-state index contributed by atoms with van der Waals surface area (Å²) >= 11 is 0. The minimum atomic E-state index is -0.887. The molecule has 0 saturated carbocycles. The fourth-order valence-corrected chi connectivity index (χ4v) is 0.786. The fraction of sp³-hybridized carbons (Fsp3) is 0.500. The van der Waals surface area contributed by atoms with Crippen molar-refractivity contribution in [3.05, 3.63) is 24.3 Å². The molecule has 3 heteroatoms. The lowest BCUT2D eigenvalue weighted by Crippen LogP contribution is -2.28. The molecule has 0 aromatic heterocycles. The maximum Gasteiger partial charge on any atom is 0.0982 e. The minimum absolute atomic E-state index is 0. The zero-order chi connectivity index (χ0) is 7.83. The molecule has 0 amide bonds. The van der Waals surface area contributed by atoms with Crippen molar-refractivity contribution in [2.45, 2.75) is 25.0 Å². The first-order valence-corrected chi connectivity index (χ1v) is 3.27. The molecule has 0 spiro atoms. The highest BCUT2D eigenvalue weighted by molar-refractivity contribution is 14.0. The van der Waals surface area contributed by atoms with Crippen molar-refractivity contribution in [3.8, 4) is 0 Å². The number of hydrogen-bond acceptors (Lipinski definition) is 2. The minimum Gasteiger partial charge on any atom is -0.382 e. The Labute approximate surface area is 83.6 Å². The number of aliphatic hydroxyl groups is 2. The van der Waals surface area contributed by atoms with Gasteiger partial charge in [0.2, 0.25) is 0 Å². The van der Waals surface area contributed by atoms with Gasteiger partial charge in [-0.2, -0.15) is 0 Å². The standard InChI is InChI=1S/C8H12O2.HI/c1-7(9)3-5-8(2,10)6-4-7;/h3-6,9-10H,1-2H3;1H. The van der Waals surface area contributed by atoms with E-state index in [-0.39, 0.29) is 24.0 Å². The van der Waals surface area contributed by atoms with Gasteiger partial charge < -0.3 is 10.2 Å². The Balaban J connectivity index is 0.000001000. The number of hydrogen-bond donors (Lipinski definition) is 2. The molecule has 0 unspecified atom stereocenters. The summed E-state index contributed by atoms with van der Waals surface area (Å²) in [6, 6.07) is 0. The van der Waals surface area contributed by atoms with Crippen LogP contribution in [0, 0.1) is 0 Å². The van der Waals surface area contributed by atoms with E-state index in [2.05, 4.69) is 0 Å². The van der Waals surface area contributed by atoms with Gasteiger partial charge in [-0.3, -0.25) is 0 Å². The van der Waals surface area contributed by atoms with Crippen LogP contribution in [0.1, 0.15) is 13.8 Å². The van der Waals surface area contributed by atoms with Crippen molar-refractivity contribution in [2.24, 2.45) is 0 Å². The molecule has 0 heterocycles. The molecular formula is C8H13IO2. The van der Waals surface area contributed by atoms with E-state index in [1.807, 2.05) is 0 Å². The fourth-order valence-electron chi connectivity index (χ4n) is 0.786. The zero-order valence-electron chi connectivity index (χ0n) is 6.61. The first-order valence-electron chi connectivity index (χ1n) is 3.27. The Kier molecular flexibility index (Phi) is 3.28. The maximum absolute atomic E-state index is 9.32. The Hall–Kier alpha value is 0.130. The van der Waals surface area contributed by atoms with Gasteiger partial charge in [-0.25, -0.2) is 0 Å². The molecule has 0 fully saturated rings. The summed E-state index contributed by atoms with van der Waals surface area (Å²) in [5.41, 5.74) is -1.77. The lowest BCUT2D eigenvalue weighted by atomic mass is 9.92. The van der Waals surface area contributed by atoms with Crippen LogP contribution in [0.5, 0.6) is 0 Å². The molecule has 0 atom stereocenters. The predicted molar refractivity (Wildman–Crippen MR) is 54.9 cm³/mol. The van der Waals surface area contributed by atoms with Crippen LogP contribution in [0.4, 0.5) is 0 Å². The Bertz CT molecular complexity index is 154. The SMILES string of the molecule is CC1(O)C=CC(C)(O)C=C1.I. The van der Waals surface area contributed by atoms with Crippen molar-refractivity contribution in [1.82, 2.24) is 0 Å². The van der Waals surface area contributed by atoms with Gasteiger partial charge in [0.25, 0.3) is 0 Å². The first-order chi connectivity index (χ1) is 4.41. The van der Waals surface area contributed by atoms with Gasteiger partial charge in [0.15, 0.2) is 0 Å². The highest BCUT2D eigenvalue weighted by atomic mass is 127. The molecule has 64 valence electrons. The summed E-state index contributed by atoms with van der Waals surface area (Å²) in [5, 5.41) is 18.6. The van der Waals surface area contributed by atoms with Gasteiger partial charge in [-0.05, 0) is 13.8 Å². The summed E-state index contributed by atoms with van der Waals surface area (Å²) in [6.45, 7) is 3.32. The second-order valence-electron chi connectivity index (χ2n) is 3.12. The van der Waals surface area contributed by atoms with Crippen molar-refractivity contribution < 1.29 is 10.2 Å². The molecule has 1 rings (SSSR count). The lowest BCUT2D eigenvalue weighted by molar-refractivity contribution is 0.128. The Morgan fingerprint density at radius 1 is 0.818 bits per heavy atom. The zero-order valence-corrected chi connectivity index (χ0v) is 8.94. The number of rotatable bonds is 0. The molecule has 2 nitrogen and oxygen atoms in total. The summed E-state index contributed by atoms with van der Waals surface area (Å²) in [6.07, 6.45) is 6.31. The second kappa shape index (κ2) is 3.25. The summed E-state index contributed by atoms with van der Waals surface area (Å²) in [7, 11) is 0. The van der Waals surface area contributed by atoms with Gasteiger partial charge in [0, 0.05) is 0 Å². The highest BCUT2D eigenvalue weighted by Crippen LogP contribution is 2.20. The predicted octanol–water partition coefficient (Wildman–Crippen LogP) is 1.23. The van der Waals surface area contributed by atoms with E-state index in [4.69, 9.17) is 0 Å². The van der Waals surface area contributed by atoms with Crippen LogP contribution in [0.15, 0.2) is 24.3 Å². The third-order valence-electron chi connectivity index (χ3n) is 1.52. The molecule has 11 heavy (non-hydrogen) atoms. The third-order valence-corrected chi connectivity index (χ3v) is 1.52. The molecule has 0 saturated heterocycles. The Morgan fingerprint density at radius 2 is 1.00 bits per heavy atom. The third kappa shape index (κ3) is 3.35. The molecular weight excluding hydrogens is 255 g/mol. The van der Waals surface area contributed by atoms with Gasteiger partial charge in [0.1, 0.15) is 0 Å². The van der Waals surface area contributed by atoms with E-state index >= 15 is 0 Å². The van der Waals surface area contributed by atoms with E-state index in [1.165, 1.54) is 0 Å². The molecule has 1 aliphatic carbocycles. The van der Waals surface area contributed by atoms with Crippen molar-refractivity contribution >= 4 is 24.0 Å². The quantitative estimate of drug-likeness (QED) is 0.512. The molecule has 0 aromatic carbocycles. The summed E-state index contributed by atoms with van der Waals surface area (Å²) in [5.74, 6) is 0. The van der Waals surface area contributed by atoms with Crippen LogP contribution < -0.4 is 0 Å². The largest absolute Gasteiger partial charge is 0.382 e. The molecule has 0 bridgehead atoms. The average molecular weight is 268 g/mol. The van der Waals surface area contributed by atoms with E-state index in [0.717, 1.165) is 0 Å². The van der Waals surface area contributed by atoms with E-state index in [0.29, 0.717) is 0 Å². The van der Waals surface area contributed by atoms with Crippen LogP contribution >= 0.6 is 24.0 Å². The topological polar surface area (TPSA) is 40.5 Å². The van der Waals surface area contributed by atoms with Gasteiger partial charge in [-0.15, -0.1) is 24.0 Å². The molecule has 0 aliphatic heterocycles. The van der Waals surface area contributed by atoms with E-state index in [9.17, 15) is 10.2 Å². The van der Waals surface area contributed by atoms with Crippen LogP contribution in [0.3, 0.4) is 0 Å².